The molecule has 0 aliphatic carbocycles. The topological polar surface area (TPSA) is 67.3 Å². The number of aromatic nitrogens is 1. The minimum absolute atomic E-state index is 0.0220. The predicted molar refractivity (Wildman–Crippen MR) is 67.9 cm³/mol. The third-order valence-corrected chi connectivity index (χ3v) is 5.92. The van der Waals surface area contributed by atoms with Crippen molar-refractivity contribution in [3.8, 4) is 0 Å². The summed E-state index contributed by atoms with van der Waals surface area (Å²) in [6.07, 6.45) is 1.36. The van der Waals surface area contributed by atoms with Crippen molar-refractivity contribution < 1.29 is 13.5 Å². The van der Waals surface area contributed by atoms with Gasteiger partial charge < -0.3 is 5.11 Å². The molecule has 2 heterocycles. The number of rotatable bonds is 4. The Labute approximate surface area is 106 Å². The molecule has 2 unspecified atom stereocenters. The summed E-state index contributed by atoms with van der Waals surface area (Å²) in [6.45, 7) is 1.99. The molecule has 2 atom stereocenters. The Balaban J connectivity index is 2.02. The Morgan fingerprint density at radius 2 is 2.41 bits per heavy atom. The van der Waals surface area contributed by atoms with Crippen LogP contribution in [0.15, 0.2) is 5.38 Å². The normalized spacial score (nSPS) is 24.9. The number of hydrogen-bond donors (Lipinski definition) is 1. The Bertz CT molecular complexity index is 481. The van der Waals surface area contributed by atoms with Crippen LogP contribution in [0.1, 0.15) is 17.1 Å². The average Bonchev–Trinajstić information content (AvgIpc) is 2.81. The lowest BCUT2D eigenvalue weighted by molar-refractivity contribution is 0.183. The summed E-state index contributed by atoms with van der Waals surface area (Å²) in [4.78, 5) is 4.36. The molecule has 0 bridgehead atoms. The monoisotopic (exact) mass is 275 g/mol. The first-order valence-electron chi connectivity index (χ1n) is 5.72. The van der Waals surface area contributed by atoms with E-state index in [1.54, 1.807) is 11.3 Å². The molecule has 6 heteroatoms. The molecule has 0 amide bonds. The van der Waals surface area contributed by atoms with Crippen molar-refractivity contribution in [1.29, 1.82) is 0 Å². The quantitative estimate of drug-likeness (QED) is 0.891. The zero-order valence-corrected chi connectivity index (χ0v) is 11.4. The fraction of sp³-hybridized carbons (Fsp3) is 0.727. The van der Waals surface area contributed by atoms with Gasteiger partial charge in [0.1, 0.15) is 0 Å². The van der Waals surface area contributed by atoms with Crippen LogP contribution >= 0.6 is 11.3 Å². The van der Waals surface area contributed by atoms with Crippen molar-refractivity contribution in [2.24, 2.45) is 11.8 Å². The van der Waals surface area contributed by atoms with Crippen molar-refractivity contribution in [3.05, 3.63) is 16.1 Å². The fourth-order valence-electron chi connectivity index (χ4n) is 2.35. The van der Waals surface area contributed by atoms with E-state index in [0.29, 0.717) is 12.8 Å². The van der Waals surface area contributed by atoms with Gasteiger partial charge in [0.2, 0.25) is 0 Å². The lowest BCUT2D eigenvalue weighted by Crippen LogP contribution is -2.22. The minimum atomic E-state index is -2.87. The van der Waals surface area contributed by atoms with E-state index in [-0.39, 0.29) is 29.9 Å². The van der Waals surface area contributed by atoms with Crippen molar-refractivity contribution in [1.82, 2.24) is 4.98 Å². The molecule has 1 aliphatic rings. The number of nitrogens with zero attached hydrogens (tertiary/aromatic N) is 1. The van der Waals surface area contributed by atoms with E-state index < -0.39 is 9.84 Å². The maximum atomic E-state index is 11.4. The van der Waals surface area contributed by atoms with Gasteiger partial charge in [-0.1, -0.05) is 0 Å². The molecule has 1 aromatic heterocycles. The van der Waals surface area contributed by atoms with Crippen LogP contribution in [-0.2, 0) is 16.3 Å². The maximum absolute atomic E-state index is 11.4. The third-order valence-electron chi connectivity index (χ3n) is 3.31. The molecular weight excluding hydrogens is 258 g/mol. The molecule has 0 radical (unpaired) electrons. The highest BCUT2D eigenvalue weighted by Gasteiger charge is 2.33. The highest BCUT2D eigenvalue weighted by atomic mass is 32.2. The van der Waals surface area contributed by atoms with E-state index in [0.717, 1.165) is 10.7 Å². The number of aliphatic hydroxyl groups is 1. The summed E-state index contributed by atoms with van der Waals surface area (Å²) >= 11 is 1.59. The van der Waals surface area contributed by atoms with Crippen LogP contribution in [0.5, 0.6) is 0 Å². The van der Waals surface area contributed by atoms with Crippen LogP contribution in [0.25, 0.3) is 0 Å². The molecule has 2 rings (SSSR count). The average molecular weight is 275 g/mol. The highest BCUT2D eigenvalue weighted by Crippen LogP contribution is 2.28. The van der Waals surface area contributed by atoms with Crippen LogP contribution in [0, 0.1) is 18.8 Å². The van der Waals surface area contributed by atoms with Gasteiger partial charge in [0.15, 0.2) is 9.84 Å². The van der Waals surface area contributed by atoms with Crippen molar-refractivity contribution in [2.75, 3.05) is 18.1 Å². The van der Waals surface area contributed by atoms with Gasteiger partial charge in [0, 0.05) is 12.0 Å². The van der Waals surface area contributed by atoms with E-state index in [9.17, 15) is 13.5 Å². The Morgan fingerprint density at radius 1 is 1.65 bits per heavy atom. The van der Waals surface area contributed by atoms with Crippen LogP contribution in [0.2, 0.25) is 0 Å². The Kier molecular flexibility index (Phi) is 3.85. The molecule has 4 nitrogen and oxygen atoms in total. The first-order valence-corrected chi connectivity index (χ1v) is 8.42. The summed E-state index contributed by atoms with van der Waals surface area (Å²) in [5.41, 5.74) is 0.968. The van der Waals surface area contributed by atoms with Crippen LogP contribution in [-0.4, -0.2) is 36.6 Å². The Morgan fingerprint density at radius 3 is 2.88 bits per heavy atom. The van der Waals surface area contributed by atoms with Gasteiger partial charge in [0.25, 0.3) is 0 Å². The molecule has 0 spiro atoms. The van der Waals surface area contributed by atoms with E-state index in [1.165, 1.54) is 0 Å². The van der Waals surface area contributed by atoms with E-state index in [1.807, 2.05) is 12.3 Å². The second-order valence-corrected chi connectivity index (χ2v) is 7.96. The summed E-state index contributed by atoms with van der Waals surface area (Å²) < 4.78 is 22.8. The van der Waals surface area contributed by atoms with Gasteiger partial charge >= 0.3 is 0 Å². The molecule has 1 saturated heterocycles. The molecule has 0 saturated carbocycles. The number of thiazole rings is 1. The molecule has 1 aliphatic heterocycles. The fourth-order valence-corrected chi connectivity index (χ4v) is 4.89. The van der Waals surface area contributed by atoms with E-state index >= 15 is 0 Å². The van der Waals surface area contributed by atoms with E-state index in [4.69, 9.17) is 0 Å². The zero-order valence-electron chi connectivity index (χ0n) is 9.80. The van der Waals surface area contributed by atoms with Crippen molar-refractivity contribution in [3.63, 3.8) is 0 Å². The standard InChI is InChI=1S/C11H17NO3S2/c1-8-12-11(6-16-8)4-10(5-13)9-2-3-17(14,15)7-9/h6,9-10,13H,2-5,7H2,1H3. The van der Waals surface area contributed by atoms with Gasteiger partial charge in [-0.25, -0.2) is 13.4 Å². The summed E-state index contributed by atoms with van der Waals surface area (Å²) in [5.74, 6) is 0.604. The van der Waals surface area contributed by atoms with Crippen molar-refractivity contribution >= 4 is 21.2 Å². The van der Waals surface area contributed by atoms with Crippen molar-refractivity contribution in [2.45, 2.75) is 19.8 Å². The SMILES string of the molecule is Cc1nc(CC(CO)C2CCS(=O)(=O)C2)cs1. The molecule has 0 aromatic carbocycles. The maximum Gasteiger partial charge on any atom is 0.150 e. The first-order chi connectivity index (χ1) is 8.00. The van der Waals surface area contributed by atoms with Gasteiger partial charge in [-0.3, -0.25) is 0 Å². The molecule has 96 valence electrons. The molecule has 1 fully saturated rings. The molecule has 17 heavy (non-hydrogen) atoms. The molecular formula is C11H17NO3S2. The van der Waals surface area contributed by atoms with Gasteiger partial charge in [-0.2, -0.15) is 0 Å². The predicted octanol–water partition coefficient (Wildman–Crippen LogP) is 1.04. The zero-order chi connectivity index (χ0) is 12.5. The van der Waals surface area contributed by atoms with Crippen LogP contribution in [0.4, 0.5) is 0 Å². The summed E-state index contributed by atoms with van der Waals surface area (Å²) in [5, 5.41) is 12.4. The first kappa shape index (κ1) is 13.0. The van der Waals surface area contributed by atoms with Crippen LogP contribution < -0.4 is 0 Å². The summed E-state index contributed by atoms with van der Waals surface area (Å²) in [6, 6.07) is 0. The van der Waals surface area contributed by atoms with Crippen LogP contribution in [0.3, 0.4) is 0 Å². The lowest BCUT2D eigenvalue weighted by Gasteiger charge is -2.18. The number of hydrogen-bond acceptors (Lipinski definition) is 5. The highest BCUT2D eigenvalue weighted by molar-refractivity contribution is 7.91. The van der Waals surface area contributed by atoms with Gasteiger partial charge in [-0.05, 0) is 31.6 Å². The Hall–Kier alpha value is -0.460. The second kappa shape index (κ2) is 5.04. The lowest BCUT2D eigenvalue weighted by atomic mass is 9.89. The third kappa shape index (κ3) is 3.26. The largest absolute Gasteiger partial charge is 0.396 e. The van der Waals surface area contributed by atoms with Gasteiger partial charge in [-0.15, -0.1) is 11.3 Å². The number of aliphatic hydroxyl groups excluding tert-OH is 1. The minimum Gasteiger partial charge on any atom is -0.396 e. The van der Waals surface area contributed by atoms with Gasteiger partial charge in [0.05, 0.1) is 22.2 Å². The smallest absolute Gasteiger partial charge is 0.150 e. The molecule has 1 N–H and O–H groups in total. The summed E-state index contributed by atoms with van der Waals surface area (Å²) in [7, 11) is -2.87. The number of sulfone groups is 1. The molecule has 1 aromatic rings. The number of aryl methyl sites for hydroxylation is 1. The second-order valence-electron chi connectivity index (χ2n) is 4.67. The van der Waals surface area contributed by atoms with E-state index in [2.05, 4.69) is 4.98 Å².